The van der Waals surface area contributed by atoms with Gasteiger partial charge >= 0.3 is 0 Å². The summed E-state index contributed by atoms with van der Waals surface area (Å²) in [5.74, 6) is -9.44. The van der Waals surface area contributed by atoms with Gasteiger partial charge in [-0.3, -0.25) is 67.1 Å². The van der Waals surface area contributed by atoms with E-state index >= 15 is 9.59 Å². The first-order valence-corrected chi connectivity index (χ1v) is 39.2. The Morgan fingerprint density at radius 3 is 1.28 bits per heavy atom. The van der Waals surface area contributed by atoms with E-state index < -0.39 is 169 Å². The molecular formula is C81H120N14O15. The van der Waals surface area contributed by atoms with Gasteiger partial charge in [0, 0.05) is 60.0 Å². The largest absolute Gasteiger partial charge is 0.370 e. The second-order valence-corrected chi connectivity index (χ2v) is 30.5. The lowest BCUT2D eigenvalue weighted by Gasteiger charge is -2.36. The van der Waals surface area contributed by atoms with E-state index in [2.05, 4.69) is 47.9 Å². The molecule has 29 heteroatoms. The first-order valence-electron chi connectivity index (χ1n) is 39.2. The Kier molecular flexibility index (Phi) is 36.2. The number of hydrogen-bond donors (Lipinski definition) is 9. The summed E-state index contributed by atoms with van der Waals surface area (Å²) in [4.78, 5) is 209. The number of nitrogens with one attached hydrogen (secondary N) is 9. The van der Waals surface area contributed by atoms with E-state index in [0.29, 0.717) is 55.2 Å². The Morgan fingerprint density at radius 1 is 0.400 bits per heavy atom. The van der Waals surface area contributed by atoms with Gasteiger partial charge in [0.2, 0.25) is 82.7 Å². The summed E-state index contributed by atoms with van der Waals surface area (Å²) in [6.07, 6.45) is 4.38. The predicted octanol–water partition coefficient (Wildman–Crippen LogP) is 3.00. The minimum Gasteiger partial charge on any atom is -0.370 e. The SMILES string of the molecule is CCCC[C@H]1C(=O)N(C)[C@@H](CCCC)C(=O)N[C@@H](CC(C)C)C(=O)NCCOCC(=O)N[C@@H](Cc2ccccc2)C(=O)N(C)[C@@H](C)C(=O)N[C@@H](CC(C)C)C(=O)N2CCC[C@H]2C(=O)NCC(=O)N[C@@H](CC(C)C)C(=O)N2CCC[C@H]2C(=O)N[C@@H](Cc2ccccc2)C(=O)NCC(=O)N[C@@H](Cc2ccccc2)C(=O)N1C. The lowest BCUT2D eigenvalue weighted by molar-refractivity contribution is -0.149. The van der Waals surface area contributed by atoms with Crippen LogP contribution in [0.25, 0.3) is 0 Å². The van der Waals surface area contributed by atoms with Gasteiger partial charge in [-0.15, -0.1) is 0 Å². The molecule has 3 aromatic rings. The third kappa shape index (κ3) is 27.3. The predicted molar refractivity (Wildman–Crippen MR) is 414 cm³/mol. The molecule has 3 aliphatic heterocycles. The van der Waals surface area contributed by atoms with Crippen LogP contribution in [0.5, 0.6) is 0 Å². The number of carbonyl (C=O) groups is 14. The molecule has 0 saturated carbocycles. The standard InChI is InChI=1S/C81H120N14O15/c1-13-15-34-64-75(103)88-58(42-51(3)4)72(100)82-38-41-110-50-70(98)87-62(46-56-30-22-18-23-31-56)77(105)91(10)54(9)71(99)90-61(44-53(7)8)80(108)94-39-26-36-65(94)74(102)84-49-69(97)85-60(43-52(5)6)79(107)95-40-27-37-66(95)76(104)89-59(45-55-28-20-17-21-29-55)73(101)83-48-68(96)86-63(47-57-32-24-19-25-33-57)78(106)93(12)67(35-16-14-2)81(109)92(64)11/h17-25,28-33,51-54,58-67H,13-16,26-27,34-50H2,1-12H3,(H,82,100)(H,83,101)(H,84,102)(H,85,97)(H,86,96)(H,87,98)(H,88,103)(H,89,104)(H,90,99)/t54-,58-,59-,60-,61-,62-,63-,64-,65-,66-,67-/m0/s1. The maximum absolute atomic E-state index is 15.1. The molecule has 3 saturated heterocycles. The molecule has 3 aromatic carbocycles. The summed E-state index contributed by atoms with van der Waals surface area (Å²) in [5.41, 5.74) is 2.01. The van der Waals surface area contributed by atoms with E-state index in [1.165, 1.54) is 52.6 Å². The number of hydrogen-bond acceptors (Lipinski definition) is 15. The van der Waals surface area contributed by atoms with Gasteiger partial charge in [-0.05, 0) is 99.2 Å². The Bertz CT molecular complexity index is 3590. The number of fused-ring (bicyclic) bond motifs is 2. The topological polar surface area (TPSA) is 373 Å². The van der Waals surface area contributed by atoms with Gasteiger partial charge in [0.1, 0.15) is 73.1 Å². The van der Waals surface area contributed by atoms with Gasteiger partial charge in [0.15, 0.2) is 0 Å². The molecule has 9 N–H and O–H groups in total. The minimum atomic E-state index is -1.29. The highest BCUT2D eigenvalue weighted by molar-refractivity contribution is 6.00. The molecule has 3 heterocycles. The number of likely N-dealkylation sites (N-methyl/N-ethyl adjacent to an activating group) is 3. The van der Waals surface area contributed by atoms with Crippen LogP contribution in [0.4, 0.5) is 0 Å². The molecule has 0 spiro atoms. The van der Waals surface area contributed by atoms with Gasteiger partial charge in [-0.25, -0.2) is 0 Å². The molecule has 6 rings (SSSR count). The monoisotopic (exact) mass is 1530 g/mol. The zero-order valence-corrected chi connectivity index (χ0v) is 66.4. The highest BCUT2D eigenvalue weighted by Gasteiger charge is 2.43. The summed E-state index contributed by atoms with van der Waals surface area (Å²) in [6, 6.07) is 13.9. The van der Waals surface area contributed by atoms with E-state index in [-0.39, 0.29) is 108 Å². The maximum Gasteiger partial charge on any atom is 0.246 e. The van der Waals surface area contributed by atoms with Crippen molar-refractivity contribution in [3.8, 4) is 0 Å². The first-order chi connectivity index (χ1) is 52.4. The number of ether oxygens (including phenoxy) is 1. The van der Waals surface area contributed by atoms with Crippen LogP contribution < -0.4 is 47.9 Å². The highest BCUT2D eigenvalue weighted by Crippen LogP contribution is 2.25. The van der Waals surface area contributed by atoms with Crippen molar-refractivity contribution in [2.45, 2.75) is 232 Å². The van der Waals surface area contributed by atoms with Gasteiger partial charge in [-0.2, -0.15) is 0 Å². The van der Waals surface area contributed by atoms with Crippen LogP contribution in [0, 0.1) is 17.8 Å². The van der Waals surface area contributed by atoms with E-state index in [1.807, 2.05) is 55.4 Å². The molecule has 11 atom stereocenters. The van der Waals surface area contributed by atoms with Crippen LogP contribution in [-0.4, -0.2) is 241 Å². The molecule has 604 valence electrons. The Balaban J connectivity index is 1.31. The van der Waals surface area contributed by atoms with Gasteiger partial charge in [0.05, 0.1) is 19.7 Å². The molecule has 0 radical (unpaired) electrons. The summed E-state index contributed by atoms with van der Waals surface area (Å²) >= 11 is 0. The number of rotatable bonds is 18. The van der Waals surface area contributed by atoms with E-state index in [1.54, 1.807) is 91.0 Å². The second kappa shape index (κ2) is 44.8. The molecule has 0 aromatic heterocycles. The van der Waals surface area contributed by atoms with Crippen LogP contribution in [0.15, 0.2) is 91.0 Å². The van der Waals surface area contributed by atoms with Crippen molar-refractivity contribution in [1.29, 1.82) is 0 Å². The van der Waals surface area contributed by atoms with Crippen molar-refractivity contribution < 1.29 is 71.9 Å². The fraction of sp³-hybridized carbons (Fsp3) is 0.605. The van der Waals surface area contributed by atoms with Crippen LogP contribution in [0.1, 0.15) is 162 Å². The Morgan fingerprint density at radius 2 is 0.791 bits per heavy atom. The van der Waals surface area contributed by atoms with E-state index in [0.717, 1.165) is 0 Å². The Labute approximate surface area is 648 Å². The smallest absolute Gasteiger partial charge is 0.246 e. The molecule has 0 bridgehead atoms. The number of unbranched alkanes of at least 4 members (excludes halogenated alkanes) is 2. The number of benzene rings is 3. The lowest BCUT2D eigenvalue weighted by Crippen LogP contribution is -2.59. The van der Waals surface area contributed by atoms with Crippen molar-refractivity contribution in [3.63, 3.8) is 0 Å². The van der Waals surface area contributed by atoms with Crippen molar-refractivity contribution in [2.75, 3.05) is 67.1 Å². The van der Waals surface area contributed by atoms with Crippen molar-refractivity contribution >= 4 is 82.7 Å². The molecule has 0 aliphatic carbocycles. The number of amides is 14. The lowest BCUT2D eigenvalue weighted by atomic mass is 9.99. The molecule has 14 amide bonds. The summed E-state index contributed by atoms with van der Waals surface area (Å²) in [6.45, 7) is 14.8. The molecule has 0 unspecified atom stereocenters. The van der Waals surface area contributed by atoms with Crippen LogP contribution in [0.2, 0.25) is 0 Å². The van der Waals surface area contributed by atoms with E-state index in [9.17, 15) is 57.5 Å². The molecule has 3 aliphatic rings. The van der Waals surface area contributed by atoms with Crippen molar-refractivity contribution in [3.05, 3.63) is 108 Å². The average molecular weight is 1530 g/mol. The van der Waals surface area contributed by atoms with E-state index in [4.69, 9.17) is 4.74 Å². The summed E-state index contributed by atoms with van der Waals surface area (Å²) in [5, 5.41) is 25.0. The fourth-order valence-corrected chi connectivity index (χ4v) is 14.1. The van der Waals surface area contributed by atoms with Gasteiger partial charge < -0.3 is 77.1 Å². The quantitative estimate of drug-likeness (QED) is 0.0884. The average Bonchev–Trinajstić information content (AvgIpc) is 1.70. The molecule has 3 fully saturated rings. The molecular weight excluding hydrogens is 1410 g/mol. The number of carbonyl (C=O) groups excluding carboxylic acids is 14. The minimum absolute atomic E-state index is 0.0168. The van der Waals surface area contributed by atoms with Gasteiger partial charge in [0.25, 0.3) is 0 Å². The third-order valence-corrected chi connectivity index (χ3v) is 20.2. The fourth-order valence-electron chi connectivity index (χ4n) is 14.1. The van der Waals surface area contributed by atoms with Crippen LogP contribution >= 0.6 is 0 Å². The third-order valence-electron chi connectivity index (χ3n) is 20.2. The summed E-state index contributed by atoms with van der Waals surface area (Å²) in [7, 11) is 4.35. The van der Waals surface area contributed by atoms with Crippen LogP contribution in [0.3, 0.4) is 0 Å². The van der Waals surface area contributed by atoms with Gasteiger partial charge in [-0.1, -0.05) is 172 Å². The first kappa shape index (κ1) is 89.1. The Hall–Kier alpha value is -9.80. The maximum atomic E-state index is 15.1. The zero-order valence-electron chi connectivity index (χ0n) is 66.4. The zero-order chi connectivity index (χ0) is 80.7. The number of nitrogens with zero attached hydrogens (tertiary/aromatic N) is 5. The normalized spacial score (nSPS) is 25.2. The highest BCUT2D eigenvalue weighted by atomic mass is 16.5. The molecule has 110 heavy (non-hydrogen) atoms. The van der Waals surface area contributed by atoms with Crippen LogP contribution in [-0.2, 0) is 91.1 Å². The second-order valence-electron chi connectivity index (χ2n) is 30.5. The molecule has 29 nitrogen and oxygen atoms in total. The summed E-state index contributed by atoms with van der Waals surface area (Å²) < 4.78 is 5.73. The van der Waals surface area contributed by atoms with Crippen molar-refractivity contribution in [2.24, 2.45) is 17.8 Å². The van der Waals surface area contributed by atoms with Crippen molar-refractivity contribution in [1.82, 2.24) is 72.4 Å².